The summed E-state index contributed by atoms with van der Waals surface area (Å²) in [5.41, 5.74) is 1.44. The molecule has 1 saturated carbocycles. The van der Waals surface area contributed by atoms with Crippen LogP contribution in [-0.4, -0.2) is 0 Å². The molecule has 2 aromatic carbocycles. The summed E-state index contributed by atoms with van der Waals surface area (Å²) in [6, 6.07) is 11.6. The van der Waals surface area contributed by atoms with E-state index in [1.54, 1.807) is 12.1 Å². The van der Waals surface area contributed by atoms with E-state index in [0.717, 1.165) is 11.3 Å². The first-order valence-corrected chi connectivity index (χ1v) is 7.95. The predicted molar refractivity (Wildman–Crippen MR) is 83.5 cm³/mol. The van der Waals surface area contributed by atoms with Gasteiger partial charge in [-0.05, 0) is 66.0 Å². The molecule has 0 saturated heterocycles. The Balaban J connectivity index is 1.76. The molecule has 0 heterocycles. The minimum atomic E-state index is -0.148. The quantitative estimate of drug-likeness (QED) is 0.636. The van der Waals surface area contributed by atoms with Gasteiger partial charge >= 0.3 is 0 Å². The Hall–Kier alpha value is -1.37. The molecule has 0 bridgehead atoms. The van der Waals surface area contributed by atoms with Gasteiger partial charge in [0.05, 0.1) is 0 Å². The first-order chi connectivity index (χ1) is 9.76. The van der Waals surface area contributed by atoms with Crippen LogP contribution >= 0.6 is 0 Å². The van der Waals surface area contributed by atoms with Gasteiger partial charge in [0.2, 0.25) is 0 Å². The Morgan fingerprint density at radius 2 is 1.65 bits per heavy atom. The van der Waals surface area contributed by atoms with Crippen LogP contribution in [0.3, 0.4) is 0 Å². The molecular formula is C19H23F. The summed E-state index contributed by atoms with van der Waals surface area (Å²) in [4.78, 5) is 0. The molecule has 0 amide bonds. The van der Waals surface area contributed by atoms with Crippen LogP contribution in [0.5, 0.6) is 0 Å². The average molecular weight is 270 g/mol. The maximum atomic E-state index is 13.2. The molecule has 0 N–H and O–H groups in total. The Morgan fingerprint density at radius 1 is 0.950 bits per heavy atom. The second-order valence-electron chi connectivity index (χ2n) is 6.26. The van der Waals surface area contributed by atoms with E-state index >= 15 is 0 Å². The van der Waals surface area contributed by atoms with Crippen molar-refractivity contribution in [2.24, 2.45) is 5.92 Å². The lowest BCUT2D eigenvalue weighted by Gasteiger charge is -2.28. The molecule has 0 unspecified atom stereocenters. The lowest BCUT2D eigenvalue weighted by molar-refractivity contribution is 0.308. The van der Waals surface area contributed by atoms with Crippen LogP contribution in [0.25, 0.3) is 10.8 Å². The van der Waals surface area contributed by atoms with E-state index in [2.05, 4.69) is 25.1 Å². The summed E-state index contributed by atoms with van der Waals surface area (Å²) >= 11 is 0. The molecule has 1 aliphatic rings. The topological polar surface area (TPSA) is 0 Å². The molecule has 1 aliphatic carbocycles. The highest BCUT2D eigenvalue weighted by molar-refractivity contribution is 5.83. The lowest BCUT2D eigenvalue weighted by Crippen LogP contribution is -2.13. The zero-order valence-electron chi connectivity index (χ0n) is 12.2. The Kier molecular flexibility index (Phi) is 4.05. The van der Waals surface area contributed by atoms with E-state index in [1.807, 2.05) is 6.07 Å². The highest BCUT2D eigenvalue weighted by Gasteiger charge is 2.21. The van der Waals surface area contributed by atoms with Gasteiger partial charge in [-0.3, -0.25) is 0 Å². The van der Waals surface area contributed by atoms with Crippen LogP contribution in [-0.2, 0) is 0 Å². The maximum absolute atomic E-state index is 13.2. The smallest absolute Gasteiger partial charge is 0.123 e. The van der Waals surface area contributed by atoms with Gasteiger partial charge in [0.25, 0.3) is 0 Å². The fraction of sp³-hybridized carbons (Fsp3) is 0.474. The van der Waals surface area contributed by atoms with E-state index in [0.29, 0.717) is 5.92 Å². The normalized spacial score (nSPS) is 23.1. The van der Waals surface area contributed by atoms with Crippen LogP contribution < -0.4 is 0 Å². The van der Waals surface area contributed by atoms with E-state index in [-0.39, 0.29) is 5.82 Å². The SMILES string of the molecule is CCC[C@H]1CC[C@H](c2ccc3cc(F)ccc3c2)CC1. The number of benzene rings is 2. The van der Waals surface area contributed by atoms with Crippen molar-refractivity contribution < 1.29 is 4.39 Å². The second kappa shape index (κ2) is 5.95. The molecule has 0 aliphatic heterocycles. The van der Waals surface area contributed by atoms with Crippen LogP contribution in [0.15, 0.2) is 36.4 Å². The van der Waals surface area contributed by atoms with Crippen molar-refractivity contribution in [3.63, 3.8) is 0 Å². The van der Waals surface area contributed by atoms with Crippen LogP contribution in [0, 0.1) is 11.7 Å². The first-order valence-electron chi connectivity index (χ1n) is 7.95. The Morgan fingerprint density at radius 3 is 2.40 bits per heavy atom. The fourth-order valence-corrected chi connectivity index (χ4v) is 3.68. The third kappa shape index (κ3) is 2.87. The van der Waals surface area contributed by atoms with Crippen LogP contribution in [0.2, 0.25) is 0 Å². The maximum Gasteiger partial charge on any atom is 0.123 e. The zero-order valence-corrected chi connectivity index (χ0v) is 12.2. The lowest BCUT2D eigenvalue weighted by atomic mass is 9.77. The molecule has 1 fully saturated rings. The molecule has 0 atom stereocenters. The average Bonchev–Trinajstić information content (AvgIpc) is 2.48. The van der Waals surface area contributed by atoms with Gasteiger partial charge in [0, 0.05) is 0 Å². The van der Waals surface area contributed by atoms with E-state index in [4.69, 9.17) is 0 Å². The third-order valence-electron chi connectivity index (χ3n) is 4.84. The molecule has 0 nitrogen and oxygen atoms in total. The summed E-state index contributed by atoms with van der Waals surface area (Å²) in [5.74, 6) is 1.51. The molecule has 106 valence electrons. The van der Waals surface area contributed by atoms with Gasteiger partial charge in [-0.1, -0.05) is 44.0 Å². The number of hydrogen-bond donors (Lipinski definition) is 0. The standard InChI is InChI=1S/C19H23F/c1-2-3-14-4-6-15(7-5-14)16-8-9-18-13-19(20)11-10-17(18)12-16/h8-15H,2-7H2,1H3/t14-,15-. The van der Waals surface area contributed by atoms with Gasteiger partial charge in [0.1, 0.15) is 5.82 Å². The second-order valence-corrected chi connectivity index (χ2v) is 6.26. The van der Waals surface area contributed by atoms with Crippen LogP contribution in [0.4, 0.5) is 4.39 Å². The number of rotatable bonds is 3. The minimum Gasteiger partial charge on any atom is -0.207 e. The number of hydrogen-bond acceptors (Lipinski definition) is 0. The van der Waals surface area contributed by atoms with Gasteiger partial charge in [-0.2, -0.15) is 0 Å². The fourth-order valence-electron chi connectivity index (χ4n) is 3.68. The predicted octanol–water partition coefficient (Wildman–Crippen LogP) is 6.05. The minimum absolute atomic E-state index is 0.148. The highest BCUT2D eigenvalue weighted by Crippen LogP contribution is 2.38. The summed E-state index contributed by atoms with van der Waals surface area (Å²) in [6.07, 6.45) is 8.09. The third-order valence-corrected chi connectivity index (χ3v) is 4.84. The summed E-state index contributed by atoms with van der Waals surface area (Å²) in [7, 11) is 0. The van der Waals surface area contributed by atoms with E-state index < -0.39 is 0 Å². The summed E-state index contributed by atoms with van der Waals surface area (Å²) in [6.45, 7) is 2.29. The van der Waals surface area contributed by atoms with Gasteiger partial charge in [-0.25, -0.2) is 4.39 Å². The molecule has 0 aromatic heterocycles. The molecule has 0 radical (unpaired) electrons. The van der Waals surface area contributed by atoms with Gasteiger partial charge < -0.3 is 0 Å². The van der Waals surface area contributed by atoms with Crippen molar-refractivity contribution in [3.8, 4) is 0 Å². The van der Waals surface area contributed by atoms with Gasteiger partial charge in [0.15, 0.2) is 0 Å². The number of halogens is 1. The summed E-state index contributed by atoms with van der Waals surface area (Å²) in [5, 5.41) is 2.17. The molecule has 0 spiro atoms. The molecule has 20 heavy (non-hydrogen) atoms. The van der Waals surface area contributed by atoms with Crippen molar-refractivity contribution >= 4 is 10.8 Å². The van der Waals surface area contributed by atoms with Crippen molar-refractivity contribution in [2.45, 2.75) is 51.4 Å². The largest absolute Gasteiger partial charge is 0.207 e. The zero-order chi connectivity index (χ0) is 13.9. The summed E-state index contributed by atoms with van der Waals surface area (Å²) < 4.78 is 13.2. The molecular weight excluding hydrogens is 247 g/mol. The number of fused-ring (bicyclic) bond motifs is 1. The van der Waals surface area contributed by atoms with E-state index in [1.165, 1.54) is 49.5 Å². The van der Waals surface area contributed by atoms with Crippen molar-refractivity contribution in [3.05, 3.63) is 47.8 Å². The van der Waals surface area contributed by atoms with Crippen molar-refractivity contribution in [1.29, 1.82) is 0 Å². The molecule has 3 rings (SSSR count). The van der Waals surface area contributed by atoms with Gasteiger partial charge in [-0.15, -0.1) is 0 Å². The molecule has 2 aromatic rings. The highest BCUT2D eigenvalue weighted by atomic mass is 19.1. The van der Waals surface area contributed by atoms with Crippen molar-refractivity contribution in [1.82, 2.24) is 0 Å². The first kappa shape index (κ1) is 13.6. The van der Waals surface area contributed by atoms with Crippen molar-refractivity contribution in [2.75, 3.05) is 0 Å². The van der Waals surface area contributed by atoms with Crippen LogP contribution in [0.1, 0.15) is 56.9 Å². The molecule has 1 heteroatoms. The Labute approximate surface area is 121 Å². The van der Waals surface area contributed by atoms with E-state index in [9.17, 15) is 4.39 Å². The monoisotopic (exact) mass is 270 g/mol. The Bertz CT molecular complexity index is 579.